The maximum absolute atomic E-state index is 12.5. The molecule has 0 bridgehead atoms. The van der Waals surface area contributed by atoms with E-state index in [0.29, 0.717) is 17.2 Å². The number of hydrogen-bond acceptors (Lipinski definition) is 3. The van der Waals surface area contributed by atoms with Crippen LogP contribution in [0.25, 0.3) is 5.69 Å². The number of benzene rings is 2. The van der Waals surface area contributed by atoms with Crippen molar-refractivity contribution in [3.05, 3.63) is 77.1 Å². The molecule has 0 fully saturated rings. The summed E-state index contributed by atoms with van der Waals surface area (Å²) in [4.78, 5) is 12.5. The average Bonchev–Trinajstić information content (AvgIpc) is 3.04. The first kappa shape index (κ1) is 15.2. The lowest BCUT2D eigenvalue weighted by molar-refractivity contribution is 0.103. The van der Waals surface area contributed by atoms with Crippen LogP contribution in [-0.4, -0.2) is 20.8 Å². The van der Waals surface area contributed by atoms with Gasteiger partial charge in [0.25, 0.3) is 0 Å². The van der Waals surface area contributed by atoms with E-state index in [2.05, 4.69) is 36.3 Å². The van der Waals surface area contributed by atoms with Crippen molar-refractivity contribution < 1.29 is 4.79 Å². The summed E-state index contributed by atoms with van der Waals surface area (Å²) < 4.78 is 1.63. The quantitative estimate of drug-likeness (QED) is 0.686. The Labute approximate surface area is 135 Å². The summed E-state index contributed by atoms with van der Waals surface area (Å²) in [5, 5.41) is 8.10. The maximum atomic E-state index is 12.5. The second-order valence-electron chi connectivity index (χ2n) is 5.99. The molecule has 0 aliphatic heterocycles. The Kier molecular flexibility index (Phi) is 4.06. The molecule has 0 saturated heterocycles. The molecule has 0 atom stereocenters. The molecule has 3 rings (SSSR count). The summed E-state index contributed by atoms with van der Waals surface area (Å²) in [6.45, 7) is 6.27. The van der Waals surface area contributed by atoms with Crippen molar-refractivity contribution in [3.63, 3.8) is 0 Å². The fourth-order valence-corrected chi connectivity index (χ4v) is 2.44. The van der Waals surface area contributed by atoms with Gasteiger partial charge in [0, 0.05) is 5.56 Å². The highest BCUT2D eigenvalue weighted by Gasteiger charge is 2.14. The summed E-state index contributed by atoms with van der Waals surface area (Å²) in [5.41, 5.74) is 4.19. The van der Waals surface area contributed by atoms with Crippen molar-refractivity contribution in [2.24, 2.45) is 0 Å². The number of carbonyl (C=O) groups excluding carboxylic acids is 1. The number of aryl methyl sites for hydroxylation is 1. The first-order chi connectivity index (χ1) is 11.0. The molecule has 0 saturated carbocycles. The Morgan fingerprint density at radius 3 is 2.48 bits per heavy atom. The summed E-state index contributed by atoms with van der Waals surface area (Å²) >= 11 is 0. The first-order valence-electron chi connectivity index (χ1n) is 7.68. The zero-order chi connectivity index (χ0) is 16.4. The van der Waals surface area contributed by atoms with E-state index >= 15 is 0 Å². The monoisotopic (exact) mass is 305 g/mol. The Hall–Kier alpha value is -2.75. The van der Waals surface area contributed by atoms with Gasteiger partial charge in [-0.1, -0.05) is 55.0 Å². The Bertz CT molecular complexity index is 832. The topological polar surface area (TPSA) is 47.8 Å². The van der Waals surface area contributed by atoms with Crippen LogP contribution in [-0.2, 0) is 0 Å². The highest BCUT2D eigenvalue weighted by Crippen LogP contribution is 2.17. The van der Waals surface area contributed by atoms with Crippen LogP contribution in [0.15, 0.2) is 54.7 Å². The van der Waals surface area contributed by atoms with E-state index < -0.39 is 0 Å². The van der Waals surface area contributed by atoms with Crippen molar-refractivity contribution in [3.8, 4) is 5.69 Å². The molecule has 1 aromatic heterocycles. The highest BCUT2D eigenvalue weighted by molar-refractivity contribution is 6.07. The second-order valence-corrected chi connectivity index (χ2v) is 5.99. The summed E-state index contributed by atoms with van der Waals surface area (Å²) in [7, 11) is 0. The van der Waals surface area contributed by atoms with Crippen LogP contribution in [0.2, 0.25) is 0 Å². The lowest BCUT2D eigenvalue weighted by Gasteiger charge is -2.06. The fourth-order valence-electron chi connectivity index (χ4n) is 2.44. The molecule has 4 heteroatoms. The standard InChI is InChI=1S/C19H19N3O/c1-13(2)15-7-9-17(10-8-15)22-12-18(20-21-22)19(23)16-6-4-5-14(3)11-16/h4-13H,1-3H3. The molecule has 0 spiro atoms. The number of carbonyl (C=O) groups is 1. The number of ketones is 1. The van der Waals surface area contributed by atoms with E-state index in [1.165, 1.54) is 5.56 Å². The molecule has 0 radical (unpaired) electrons. The minimum Gasteiger partial charge on any atom is -0.287 e. The van der Waals surface area contributed by atoms with E-state index in [9.17, 15) is 4.79 Å². The molecule has 0 aliphatic rings. The van der Waals surface area contributed by atoms with Gasteiger partial charge in [-0.25, -0.2) is 4.68 Å². The molecule has 2 aromatic carbocycles. The first-order valence-corrected chi connectivity index (χ1v) is 7.68. The molecule has 4 nitrogen and oxygen atoms in total. The molecule has 1 heterocycles. The van der Waals surface area contributed by atoms with Crippen LogP contribution in [0, 0.1) is 6.92 Å². The van der Waals surface area contributed by atoms with Gasteiger partial charge in [-0.05, 0) is 36.6 Å². The van der Waals surface area contributed by atoms with Crippen molar-refractivity contribution >= 4 is 5.78 Å². The van der Waals surface area contributed by atoms with Gasteiger partial charge in [-0.2, -0.15) is 0 Å². The van der Waals surface area contributed by atoms with Crippen LogP contribution in [0.1, 0.15) is 46.9 Å². The summed E-state index contributed by atoms with van der Waals surface area (Å²) in [6.07, 6.45) is 1.68. The minimum absolute atomic E-state index is 0.112. The van der Waals surface area contributed by atoms with Gasteiger partial charge in [0.05, 0.1) is 11.9 Å². The second kappa shape index (κ2) is 6.16. The number of nitrogens with zero attached hydrogens (tertiary/aromatic N) is 3. The van der Waals surface area contributed by atoms with Crippen LogP contribution in [0.4, 0.5) is 0 Å². The zero-order valence-corrected chi connectivity index (χ0v) is 13.5. The van der Waals surface area contributed by atoms with Gasteiger partial charge in [-0.3, -0.25) is 4.79 Å². The van der Waals surface area contributed by atoms with Crippen molar-refractivity contribution in [2.45, 2.75) is 26.7 Å². The number of hydrogen-bond donors (Lipinski definition) is 0. The Morgan fingerprint density at radius 2 is 1.83 bits per heavy atom. The fraction of sp³-hybridized carbons (Fsp3) is 0.211. The third-order valence-corrected chi connectivity index (χ3v) is 3.83. The zero-order valence-electron chi connectivity index (χ0n) is 13.5. The van der Waals surface area contributed by atoms with Crippen LogP contribution in [0.3, 0.4) is 0 Å². The van der Waals surface area contributed by atoms with E-state index in [1.807, 2.05) is 37.3 Å². The molecule has 0 N–H and O–H groups in total. The molecule has 0 aliphatic carbocycles. The molecule has 3 aromatic rings. The van der Waals surface area contributed by atoms with Gasteiger partial charge in [0.1, 0.15) is 0 Å². The van der Waals surface area contributed by atoms with Gasteiger partial charge in [0.15, 0.2) is 5.69 Å². The van der Waals surface area contributed by atoms with Gasteiger partial charge >= 0.3 is 0 Å². The van der Waals surface area contributed by atoms with Crippen molar-refractivity contribution in [1.29, 1.82) is 0 Å². The minimum atomic E-state index is -0.112. The summed E-state index contributed by atoms with van der Waals surface area (Å²) in [6, 6.07) is 15.6. The van der Waals surface area contributed by atoms with E-state index in [-0.39, 0.29) is 5.78 Å². The molecular weight excluding hydrogens is 286 g/mol. The lowest BCUT2D eigenvalue weighted by Crippen LogP contribution is -2.02. The van der Waals surface area contributed by atoms with Crippen molar-refractivity contribution in [2.75, 3.05) is 0 Å². The molecule has 0 amide bonds. The Morgan fingerprint density at radius 1 is 1.09 bits per heavy atom. The highest BCUT2D eigenvalue weighted by atomic mass is 16.1. The van der Waals surface area contributed by atoms with Gasteiger partial charge < -0.3 is 0 Å². The normalized spacial score (nSPS) is 11.0. The third-order valence-electron chi connectivity index (χ3n) is 3.83. The van der Waals surface area contributed by atoms with Crippen molar-refractivity contribution in [1.82, 2.24) is 15.0 Å². The van der Waals surface area contributed by atoms with E-state index in [1.54, 1.807) is 16.9 Å². The molecule has 116 valence electrons. The van der Waals surface area contributed by atoms with Gasteiger partial charge in [0.2, 0.25) is 5.78 Å². The maximum Gasteiger partial charge on any atom is 0.214 e. The van der Waals surface area contributed by atoms with Crippen LogP contribution < -0.4 is 0 Å². The predicted octanol–water partition coefficient (Wildman–Crippen LogP) is 3.93. The van der Waals surface area contributed by atoms with Crippen LogP contribution in [0.5, 0.6) is 0 Å². The largest absolute Gasteiger partial charge is 0.287 e. The lowest BCUT2D eigenvalue weighted by atomic mass is 10.0. The van der Waals surface area contributed by atoms with Gasteiger partial charge in [-0.15, -0.1) is 5.10 Å². The van der Waals surface area contributed by atoms with E-state index in [0.717, 1.165) is 11.3 Å². The predicted molar refractivity (Wildman–Crippen MR) is 90.1 cm³/mol. The molecule has 23 heavy (non-hydrogen) atoms. The average molecular weight is 305 g/mol. The SMILES string of the molecule is Cc1cccc(C(=O)c2cn(-c3ccc(C(C)C)cc3)nn2)c1. The van der Waals surface area contributed by atoms with Crippen LogP contribution >= 0.6 is 0 Å². The smallest absolute Gasteiger partial charge is 0.214 e. The summed E-state index contributed by atoms with van der Waals surface area (Å²) in [5.74, 6) is 0.372. The molecule has 0 unspecified atom stereocenters. The Balaban J connectivity index is 1.86. The molecular formula is C19H19N3O. The number of aromatic nitrogens is 3. The third kappa shape index (κ3) is 3.21. The number of rotatable bonds is 4. The van der Waals surface area contributed by atoms with E-state index in [4.69, 9.17) is 0 Å².